The van der Waals surface area contributed by atoms with E-state index in [-0.39, 0.29) is 5.91 Å². The number of hydrogen-bond donors (Lipinski definition) is 1. The van der Waals surface area contributed by atoms with Gasteiger partial charge in [0.15, 0.2) is 10.1 Å². The van der Waals surface area contributed by atoms with Gasteiger partial charge in [0.2, 0.25) is 0 Å². The molecule has 3 heterocycles. The van der Waals surface area contributed by atoms with Crippen molar-refractivity contribution in [2.24, 2.45) is 0 Å². The molecule has 6 nitrogen and oxygen atoms in total. The number of benzene rings is 1. The van der Waals surface area contributed by atoms with Gasteiger partial charge < -0.3 is 4.74 Å². The smallest absolute Gasteiger partial charge is 0.269 e. The Labute approximate surface area is 158 Å². The summed E-state index contributed by atoms with van der Waals surface area (Å²) >= 11 is 2.79. The Hall–Kier alpha value is -2.71. The summed E-state index contributed by atoms with van der Waals surface area (Å²) in [5.74, 6) is 0.653. The second kappa shape index (κ2) is 6.54. The Bertz CT molecular complexity index is 1090. The lowest BCUT2D eigenvalue weighted by atomic mass is 10.2. The lowest BCUT2D eigenvalue weighted by Gasteiger charge is -2.01. The van der Waals surface area contributed by atoms with Gasteiger partial charge in [-0.15, -0.1) is 11.3 Å². The Balaban J connectivity index is 1.63. The number of imidazole rings is 1. The normalized spacial score (nSPS) is 11.0. The summed E-state index contributed by atoms with van der Waals surface area (Å²) in [7, 11) is 1.64. The number of anilines is 1. The largest absolute Gasteiger partial charge is 0.497 e. The number of carbonyl (C=O) groups excluding carboxylic acids is 1. The van der Waals surface area contributed by atoms with Crippen molar-refractivity contribution in [3.63, 3.8) is 0 Å². The zero-order chi connectivity index (χ0) is 18.3. The first-order chi connectivity index (χ1) is 12.5. The molecule has 0 aliphatic heterocycles. The molecule has 1 amide bonds. The Morgan fingerprint density at radius 1 is 1.19 bits per heavy atom. The zero-order valence-corrected chi connectivity index (χ0v) is 16.1. The van der Waals surface area contributed by atoms with Crippen molar-refractivity contribution < 1.29 is 9.53 Å². The van der Waals surface area contributed by atoms with Crippen LogP contribution in [0.15, 0.2) is 35.8 Å². The number of nitrogens with zero attached hydrogens (tertiary/aromatic N) is 3. The van der Waals surface area contributed by atoms with Crippen LogP contribution in [0.4, 0.5) is 5.13 Å². The van der Waals surface area contributed by atoms with Crippen LogP contribution in [-0.4, -0.2) is 27.4 Å². The summed E-state index contributed by atoms with van der Waals surface area (Å²) in [4.78, 5) is 22.9. The van der Waals surface area contributed by atoms with Crippen molar-refractivity contribution in [2.45, 2.75) is 13.8 Å². The molecule has 1 N–H and O–H groups in total. The van der Waals surface area contributed by atoms with Gasteiger partial charge in [0.1, 0.15) is 10.6 Å². The number of carbonyl (C=O) groups is 1. The third-order valence-corrected chi connectivity index (χ3v) is 6.02. The number of hydrogen-bond acceptors (Lipinski definition) is 6. The molecule has 4 aromatic rings. The van der Waals surface area contributed by atoms with Crippen molar-refractivity contribution in [1.29, 1.82) is 0 Å². The Morgan fingerprint density at radius 2 is 1.96 bits per heavy atom. The van der Waals surface area contributed by atoms with E-state index in [0.717, 1.165) is 33.4 Å². The van der Waals surface area contributed by atoms with Gasteiger partial charge in [-0.3, -0.25) is 14.5 Å². The molecule has 0 saturated carbocycles. The van der Waals surface area contributed by atoms with E-state index in [9.17, 15) is 4.79 Å². The van der Waals surface area contributed by atoms with E-state index in [1.165, 1.54) is 22.7 Å². The van der Waals surface area contributed by atoms with Crippen molar-refractivity contribution in [2.75, 3.05) is 12.4 Å². The fourth-order valence-electron chi connectivity index (χ4n) is 2.63. The lowest BCUT2D eigenvalue weighted by Crippen LogP contribution is -2.11. The van der Waals surface area contributed by atoms with Crippen LogP contribution < -0.4 is 10.1 Å². The van der Waals surface area contributed by atoms with Crippen LogP contribution in [-0.2, 0) is 0 Å². The Morgan fingerprint density at radius 3 is 2.58 bits per heavy atom. The quantitative estimate of drug-likeness (QED) is 0.566. The van der Waals surface area contributed by atoms with Gasteiger partial charge in [-0.25, -0.2) is 9.97 Å². The van der Waals surface area contributed by atoms with E-state index in [0.29, 0.717) is 10.0 Å². The van der Waals surface area contributed by atoms with Gasteiger partial charge in [0, 0.05) is 22.8 Å². The van der Waals surface area contributed by atoms with E-state index >= 15 is 0 Å². The number of rotatable bonds is 4. The molecule has 0 radical (unpaired) electrons. The second-order valence-electron chi connectivity index (χ2n) is 5.77. The van der Waals surface area contributed by atoms with E-state index < -0.39 is 0 Å². The van der Waals surface area contributed by atoms with Crippen LogP contribution in [0.2, 0.25) is 0 Å². The first-order valence-corrected chi connectivity index (χ1v) is 9.61. The van der Waals surface area contributed by atoms with E-state index in [1.807, 2.05) is 54.1 Å². The molecule has 3 aromatic heterocycles. The molecule has 0 saturated heterocycles. The van der Waals surface area contributed by atoms with Gasteiger partial charge >= 0.3 is 0 Å². The van der Waals surface area contributed by atoms with Crippen molar-refractivity contribution in [3.05, 3.63) is 52.1 Å². The first-order valence-electron chi connectivity index (χ1n) is 7.91. The highest BCUT2D eigenvalue weighted by atomic mass is 32.1. The van der Waals surface area contributed by atoms with Crippen LogP contribution in [0, 0.1) is 13.8 Å². The van der Waals surface area contributed by atoms with Gasteiger partial charge in [0.25, 0.3) is 5.91 Å². The average Bonchev–Trinajstić information content (AvgIpc) is 3.32. The highest BCUT2D eigenvalue weighted by Crippen LogP contribution is 2.29. The molecular weight excluding hydrogens is 368 g/mol. The van der Waals surface area contributed by atoms with Gasteiger partial charge in [-0.05, 0) is 38.1 Å². The fraction of sp³-hybridized carbons (Fsp3) is 0.167. The molecule has 1 aromatic carbocycles. The number of aromatic nitrogens is 3. The summed E-state index contributed by atoms with van der Waals surface area (Å²) in [6.07, 6.45) is 1.95. The SMILES string of the molecule is COc1ccc(-c2cn3c(C)c(C(=O)Nc4nc(C)cs4)sc3n2)cc1. The number of aryl methyl sites for hydroxylation is 2. The van der Waals surface area contributed by atoms with Crippen LogP contribution in [0.3, 0.4) is 0 Å². The van der Waals surface area contributed by atoms with E-state index in [2.05, 4.69) is 15.3 Å². The molecule has 0 unspecified atom stereocenters. The van der Waals surface area contributed by atoms with Crippen molar-refractivity contribution in [1.82, 2.24) is 14.4 Å². The average molecular weight is 384 g/mol. The summed E-state index contributed by atoms with van der Waals surface area (Å²) in [6.45, 7) is 3.82. The van der Waals surface area contributed by atoms with Crippen molar-refractivity contribution >= 4 is 38.7 Å². The minimum atomic E-state index is -0.154. The van der Waals surface area contributed by atoms with Crippen LogP contribution >= 0.6 is 22.7 Å². The Kier molecular flexibility index (Phi) is 4.21. The number of fused-ring (bicyclic) bond motifs is 1. The summed E-state index contributed by atoms with van der Waals surface area (Å²) in [5.41, 5.74) is 3.63. The third-order valence-electron chi connectivity index (χ3n) is 3.99. The number of amides is 1. The summed E-state index contributed by atoms with van der Waals surface area (Å²) in [6, 6.07) is 7.76. The number of nitrogens with one attached hydrogen (secondary N) is 1. The minimum Gasteiger partial charge on any atom is -0.497 e. The minimum absolute atomic E-state index is 0.154. The standard InChI is InChI=1S/C18H16N4O2S2/c1-10-9-25-17(19-10)21-16(23)15-11(2)22-8-14(20-18(22)26-15)12-4-6-13(24-3)7-5-12/h4-9H,1-3H3,(H,19,21,23). The van der Waals surface area contributed by atoms with Gasteiger partial charge in [0.05, 0.1) is 18.5 Å². The molecule has 0 bridgehead atoms. The predicted octanol–water partition coefficient (Wildman–Crippen LogP) is 4.40. The number of thiazole rings is 2. The van der Waals surface area contributed by atoms with E-state index in [4.69, 9.17) is 4.74 Å². The molecular formula is C18H16N4O2S2. The first kappa shape index (κ1) is 16.7. The maximum absolute atomic E-state index is 12.5. The molecule has 132 valence electrons. The lowest BCUT2D eigenvalue weighted by molar-refractivity contribution is 0.102. The van der Waals surface area contributed by atoms with Crippen molar-refractivity contribution in [3.8, 4) is 17.0 Å². The van der Waals surface area contributed by atoms with E-state index in [1.54, 1.807) is 7.11 Å². The molecule has 0 atom stereocenters. The second-order valence-corrected chi connectivity index (χ2v) is 7.61. The zero-order valence-electron chi connectivity index (χ0n) is 14.4. The highest BCUT2D eigenvalue weighted by molar-refractivity contribution is 7.19. The maximum Gasteiger partial charge on any atom is 0.269 e. The molecule has 0 aliphatic rings. The number of methoxy groups -OCH3 is 1. The third kappa shape index (κ3) is 2.97. The highest BCUT2D eigenvalue weighted by Gasteiger charge is 2.19. The predicted molar refractivity (Wildman–Crippen MR) is 105 cm³/mol. The van der Waals surface area contributed by atoms with Gasteiger partial charge in [-0.2, -0.15) is 0 Å². The monoisotopic (exact) mass is 384 g/mol. The molecule has 8 heteroatoms. The summed E-state index contributed by atoms with van der Waals surface area (Å²) in [5, 5.41) is 5.37. The van der Waals surface area contributed by atoms with Crippen LogP contribution in [0.25, 0.3) is 16.2 Å². The number of ether oxygens (including phenoxy) is 1. The molecule has 0 aliphatic carbocycles. The molecule has 0 spiro atoms. The van der Waals surface area contributed by atoms with Crippen LogP contribution in [0.1, 0.15) is 21.1 Å². The fourth-order valence-corrected chi connectivity index (χ4v) is 4.31. The van der Waals surface area contributed by atoms with Crippen LogP contribution in [0.5, 0.6) is 5.75 Å². The maximum atomic E-state index is 12.5. The summed E-state index contributed by atoms with van der Waals surface area (Å²) < 4.78 is 7.14. The topological polar surface area (TPSA) is 68.5 Å². The van der Waals surface area contributed by atoms with Gasteiger partial charge in [-0.1, -0.05) is 11.3 Å². The molecule has 0 fully saturated rings. The molecule has 4 rings (SSSR count). The molecule has 26 heavy (non-hydrogen) atoms.